The van der Waals surface area contributed by atoms with Crippen molar-refractivity contribution < 1.29 is 27.8 Å². The highest BCUT2D eigenvalue weighted by molar-refractivity contribution is 6.30. The minimum atomic E-state index is -4.18. The molecule has 0 saturated carbocycles. The normalized spacial score (nSPS) is 13.6. The molecule has 0 spiro atoms. The molecule has 2 atom stereocenters. The van der Waals surface area contributed by atoms with Crippen LogP contribution in [0.5, 0.6) is 0 Å². The van der Waals surface area contributed by atoms with Crippen LogP contribution in [0.1, 0.15) is 39.6 Å². The van der Waals surface area contributed by atoms with E-state index in [1.54, 1.807) is 48.5 Å². The van der Waals surface area contributed by atoms with E-state index in [4.69, 9.17) is 11.6 Å². The molecule has 2 heterocycles. The first-order valence-electron chi connectivity index (χ1n) is 12.4. The van der Waals surface area contributed by atoms with Gasteiger partial charge < -0.3 is 10.2 Å². The van der Waals surface area contributed by atoms with Crippen LogP contribution < -0.4 is 0 Å². The average molecular weight is 594 g/mol. The summed E-state index contributed by atoms with van der Waals surface area (Å²) in [6, 6.07) is 17.8. The van der Waals surface area contributed by atoms with Crippen molar-refractivity contribution >= 4 is 11.6 Å². The van der Waals surface area contributed by atoms with Gasteiger partial charge in [-0.1, -0.05) is 47.7 Å². The van der Waals surface area contributed by atoms with E-state index in [1.807, 2.05) is 0 Å². The first kappa shape index (κ1) is 28.9. The molecule has 0 bridgehead atoms. The van der Waals surface area contributed by atoms with Gasteiger partial charge >= 0.3 is 5.92 Å². The average Bonchev–Trinajstić information content (AvgIpc) is 3.49. The zero-order chi connectivity index (χ0) is 29.9. The van der Waals surface area contributed by atoms with Gasteiger partial charge in [0.15, 0.2) is 5.60 Å². The maximum absolute atomic E-state index is 15.9. The molecule has 0 radical (unpaired) electrons. The van der Waals surface area contributed by atoms with Crippen LogP contribution in [0.4, 0.5) is 17.6 Å². The van der Waals surface area contributed by atoms with Crippen LogP contribution in [0.15, 0.2) is 91.4 Å². The number of tetrazole rings is 1. The van der Waals surface area contributed by atoms with Crippen LogP contribution in [-0.4, -0.2) is 35.4 Å². The summed E-state index contributed by atoms with van der Waals surface area (Å²) in [4.78, 5) is 3.80. The quantitative estimate of drug-likeness (QED) is 0.200. The second-order valence-electron chi connectivity index (χ2n) is 9.32. The molecular weight excluding hydrogens is 574 g/mol. The number of hydrogen-bond donors (Lipinski definition) is 2. The zero-order valence-electron chi connectivity index (χ0n) is 21.5. The summed E-state index contributed by atoms with van der Waals surface area (Å²) in [6.45, 7) is -0.957. The van der Waals surface area contributed by atoms with Crippen LogP contribution in [0.25, 0.3) is 0 Å². The minimum Gasteiger partial charge on any atom is -0.384 e. The Labute approximate surface area is 242 Å². The first-order chi connectivity index (χ1) is 20.1. The number of hydrogen-bond acceptors (Lipinski definition) is 6. The lowest BCUT2D eigenvalue weighted by Gasteiger charge is -2.35. The third-order valence-corrected chi connectivity index (χ3v) is 6.78. The second kappa shape index (κ2) is 11.7. The Morgan fingerprint density at radius 1 is 0.881 bits per heavy atom. The van der Waals surface area contributed by atoms with Gasteiger partial charge in [-0.25, -0.2) is 13.5 Å². The van der Waals surface area contributed by atoms with Gasteiger partial charge in [-0.3, -0.25) is 4.98 Å². The summed E-state index contributed by atoms with van der Waals surface area (Å²) in [5, 5.41) is 32.6. The number of nitrogens with zero attached hydrogens (tertiary/aromatic N) is 5. The summed E-state index contributed by atoms with van der Waals surface area (Å²) in [7, 11) is 0. The molecule has 42 heavy (non-hydrogen) atoms. The molecule has 0 aliphatic rings. The smallest absolute Gasteiger partial charge is 0.323 e. The predicted octanol–water partition coefficient (Wildman–Crippen LogP) is 5.16. The lowest BCUT2D eigenvalue weighted by atomic mass is 9.84. The van der Waals surface area contributed by atoms with Crippen LogP contribution in [0.2, 0.25) is 5.02 Å². The molecule has 0 aliphatic heterocycles. The fraction of sp³-hybridized carbons (Fsp3) is 0.133. The molecule has 2 N–H and O–H groups in total. The zero-order valence-corrected chi connectivity index (χ0v) is 22.2. The van der Waals surface area contributed by atoms with Crippen molar-refractivity contribution in [1.29, 1.82) is 0 Å². The van der Waals surface area contributed by atoms with E-state index in [2.05, 4.69) is 32.4 Å². The van der Waals surface area contributed by atoms with Crippen molar-refractivity contribution in [1.82, 2.24) is 25.2 Å². The Morgan fingerprint density at radius 3 is 2.12 bits per heavy atom. The highest BCUT2D eigenvalue weighted by atomic mass is 35.5. The molecule has 12 heteroatoms. The van der Waals surface area contributed by atoms with Gasteiger partial charge in [-0.15, -0.1) is 5.10 Å². The fourth-order valence-corrected chi connectivity index (χ4v) is 4.39. The van der Waals surface area contributed by atoms with Gasteiger partial charge in [0.05, 0.1) is 6.54 Å². The maximum Gasteiger partial charge on any atom is 0.323 e. The number of benzene rings is 3. The van der Waals surface area contributed by atoms with Crippen LogP contribution in [0.3, 0.4) is 0 Å². The predicted molar refractivity (Wildman–Crippen MR) is 144 cm³/mol. The summed E-state index contributed by atoms with van der Waals surface area (Å²) >= 11 is 5.90. The standard InChI is InChI=1S/C30H20ClF4N5O2/c31-23-10-8-22(9-11-23)28(41)21-6-3-19(4-7-21)1-2-20-5-14-27(36-16-20)30(34,35)29(42,17-40-18-37-38-39-40)25-13-12-24(32)15-26(25)33/h3-16,18,28,41-42H,17H2. The number of alkyl halides is 2. The Bertz CT molecular complexity index is 1740. The molecular formula is C30H20ClF4N5O2. The molecule has 5 aromatic rings. The van der Waals surface area contributed by atoms with Gasteiger partial charge in [-0.05, 0) is 70.1 Å². The number of pyridine rings is 1. The molecule has 0 aliphatic carbocycles. The van der Waals surface area contributed by atoms with Crippen molar-refractivity contribution in [3.8, 4) is 11.8 Å². The van der Waals surface area contributed by atoms with Crippen LogP contribution >= 0.6 is 11.6 Å². The van der Waals surface area contributed by atoms with E-state index in [0.717, 1.165) is 35.4 Å². The highest BCUT2D eigenvalue weighted by Crippen LogP contribution is 2.46. The lowest BCUT2D eigenvalue weighted by molar-refractivity contribution is -0.207. The number of rotatable bonds is 7. The number of halogens is 5. The molecule has 2 unspecified atom stereocenters. The number of aliphatic hydroxyl groups excluding tert-OH is 1. The van der Waals surface area contributed by atoms with Crippen molar-refractivity contribution in [3.63, 3.8) is 0 Å². The van der Waals surface area contributed by atoms with Crippen molar-refractivity contribution in [3.05, 3.63) is 142 Å². The van der Waals surface area contributed by atoms with Gasteiger partial charge in [-0.2, -0.15) is 8.78 Å². The monoisotopic (exact) mass is 593 g/mol. The molecule has 0 fully saturated rings. The minimum absolute atomic E-state index is 0.289. The Kier molecular flexibility index (Phi) is 8.04. The van der Waals surface area contributed by atoms with Gasteiger partial charge in [0.25, 0.3) is 0 Å². The number of aliphatic hydroxyl groups is 2. The summed E-state index contributed by atoms with van der Waals surface area (Å²) < 4.78 is 60.7. The molecule has 0 saturated heterocycles. The second-order valence-corrected chi connectivity index (χ2v) is 9.76. The maximum atomic E-state index is 15.9. The van der Waals surface area contributed by atoms with E-state index in [9.17, 15) is 19.0 Å². The molecule has 7 nitrogen and oxygen atoms in total. The van der Waals surface area contributed by atoms with Crippen molar-refractivity contribution in [2.24, 2.45) is 0 Å². The highest BCUT2D eigenvalue weighted by Gasteiger charge is 2.58. The SMILES string of the molecule is OC(c1ccc(Cl)cc1)c1ccc(C#Cc2ccc(C(F)(F)C(O)(Cn3cnnn3)c3ccc(F)cc3F)nc2)cc1. The Morgan fingerprint density at radius 2 is 1.52 bits per heavy atom. The van der Waals surface area contributed by atoms with Crippen LogP contribution in [-0.2, 0) is 18.1 Å². The van der Waals surface area contributed by atoms with E-state index in [1.165, 1.54) is 6.07 Å². The van der Waals surface area contributed by atoms with E-state index in [-0.39, 0.29) is 5.56 Å². The van der Waals surface area contributed by atoms with Gasteiger partial charge in [0.1, 0.15) is 29.8 Å². The molecule has 212 valence electrons. The Balaban J connectivity index is 1.38. The molecule has 0 amide bonds. The van der Waals surface area contributed by atoms with Crippen molar-refractivity contribution in [2.75, 3.05) is 0 Å². The van der Waals surface area contributed by atoms with Crippen molar-refractivity contribution in [2.45, 2.75) is 24.2 Å². The lowest BCUT2D eigenvalue weighted by Crippen LogP contribution is -2.48. The van der Waals surface area contributed by atoms with E-state index < -0.39 is 47.1 Å². The van der Waals surface area contributed by atoms with Gasteiger partial charge in [0, 0.05) is 34.0 Å². The summed E-state index contributed by atoms with van der Waals surface area (Å²) in [5.41, 5.74) is -2.78. The van der Waals surface area contributed by atoms with Crippen LogP contribution in [0, 0.1) is 23.5 Å². The third-order valence-electron chi connectivity index (χ3n) is 6.53. The molecule has 3 aromatic carbocycles. The van der Waals surface area contributed by atoms with E-state index in [0.29, 0.717) is 27.8 Å². The largest absolute Gasteiger partial charge is 0.384 e. The number of aromatic nitrogens is 5. The summed E-state index contributed by atoms with van der Waals surface area (Å²) in [6.07, 6.45) is 1.21. The first-order valence-corrected chi connectivity index (χ1v) is 12.7. The topological polar surface area (TPSA) is 97.0 Å². The molecule has 5 rings (SSSR count). The fourth-order valence-electron chi connectivity index (χ4n) is 4.26. The Hall–Kier alpha value is -4.63. The summed E-state index contributed by atoms with van der Waals surface area (Å²) in [5.74, 6) is -0.840. The van der Waals surface area contributed by atoms with Gasteiger partial charge in [0.2, 0.25) is 0 Å². The van der Waals surface area contributed by atoms with E-state index >= 15 is 8.78 Å². The molecule has 2 aromatic heterocycles. The third kappa shape index (κ3) is 5.87.